The van der Waals surface area contributed by atoms with E-state index in [-0.39, 0.29) is 6.54 Å². The van der Waals surface area contributed by atoms with E-state index in [1.165, 1.54) is 17.6 Å². The maximum absolute atomic E-state index is 12.3. The van der Waals surface area contributed by atoms with Crippen molar-refractivity contribution in [1.82, 2.24) is 10.7 Å². The van der Waals surface area contributed by atoms with Gasteiger partial charge >= 0.3 is 0 Å². The van der Waals surface area contributed by atoms with Crippen LogP contribution >= 0.6 is 34.5 Å². The third kappa shape index (κ3) is 4.40. The molecule has 3 aromatic rings. The maximum Gasteiger partial charge on any atom is 0.263 e. The number of nitrogens with zero attached hydrogens (tertiary/aromatic N) is 1. The van der Waals surface area contributed by atoms with E-state index in [0.717, 1.165) is 15.6 Å². The molecule has 0 bridgehead atoms. The van der Waals surface area contributed by atoms with Crippen molar-refractivity contribution in [1.29, 1.82) is 0 Å². The number of nitrogens with one attached hydrogen (secondary N) is 2. The van der Waals surface area contributed by atoms with E-state index in [4.69, 9.17) is 23.2 Å². The zero-order valence-electron chi connectivity index (χ0n) is 13.3. The first-order valence-corrected chi connectivity index (χ1v) is 9.14. The van der Waals surface area contributed by atoms with Gasteiger partial charge in [0, 0.05) is 15.1 Å². The second-order valence-corrected chi connectivity index (χ2v) is 7.14. The largest absolute Gasteiger partial charge is 0.342 e. The van der Waals surface area contributed by atoms with Crippen LogP contribution in [0.15, 0.2) is 53.6 Å². The Morgan fingerprint density at radius 2 is 1.81 bits per heavy atom. The molecule has 0 unspecified atom stereocenters. The summed E-state index contributed by atoms with van der Waals surface area (Å²) in [6, 6.07) is 14.5. The maximum atomic E-state index is 12.3. The highest BCUT2D eigenvalue weighted by atomic mass is 35.5. The summed E-state index contributed by atoms with van der Waals surface area (Å²) in [6.07, 6.45) is 1.49. The highest BCUT2D eigenvalue weighted by molar-refractivity contribution is 7.21. The zero-order valence-corrected chi connectivity index (χ0v) is 15.7. The van der Waals surface area contributed by atoms with Gasteiger partial charge in [-0.1, -0.05) is 53.5 Å². The molecule has 0 fully saturated rings. The average Bonchev–Trinajstić information content (AvgIpc) is 2.98. The lowest BCUT2D eigenvalue weighted by Crippen LogP contribution is -2.34. The minimum absolute atomic E-state index is 0.207. The van der Waals surface area contributed by atoms with Crippen molar-refractivity contribution < 1.29 is 9.59 Å². The molecule has 2 N–H and O–H groups in total. The van der Waals surface area contributed by atoms with Crippen molar-refractivity contribution in [3.8, 4) is 0 Å². The van der Waals surface area contributed by atoms with Gasteiger partial charge in [-0.05, 0) is 23.8 Å². The number of hydrogen-bond acceptors (Lipinski definition) is 4. The fourth-order valence-electron chi connectivity index (χ4n) is 2.17. The van der Waals surface area contributed by atoms with E-state index in [1.807, 2.05) is 24.3 Å². The van der Waals surface area contributed by atoms with E-state index < -0.39 is 11.8 Å². The second-order valence-electron chi connectivity index (χ2n) is 5.27. The molecule has 5 nitrogen and oxygen atoms in total. The molecular formula is C18H13Cl2N3O2S. The van der Waals surface area contributed by atoms with Crippen LogP contribution in [-0.4, -0.2) is 24.6 Å². The summed E-state index contributed by atoms with van der Waals surface area (Å²) < 4.78 is 0.916. The van der Waals surface area contributed by atoms with Gasteiger partial charge in [0.1, 0.15) is 4.88 Å². The molecule has 0 saturated carbocycles. The number of hydrogen-bond donors (Lipinski definition) is 2. The summed E-state index contributed by atoms with van der Waals surface area (Å²) in [7, 11) is 0. The second kappa shape index (κ2) is 8.31. The predicted octanol–water partition coefficient (Wildman–Crippen LogP) is 4.09. The molecule has 132 valence electrons. The predicted molar refractivity (Wildman–Crippen MR) is 106 cm³/mol. The van der Waals surface area contributed by atoms with E-state index in [0.29, 0.717) is 14.9 Å². The lowest BCUT2D eigenvalue weighted by atomic mass is 10.2. The summed E-state index contributed by atoms with van der Waals surface area (Å²) in [5.74, 6) is -0.839. The summed E-state index contributed by atoms with van der Waals surface area (Å²) in [5.41, 5.74) is 3.13. The third-order valence-electron chi connectivity index (χ3n) is 3.42. The molecule has 2 aromatic carbocycles. The number of halogens is 2. The number of thiophene rings is 1. The van der Waals surface area contributed by atoms with Gasteiger partial charge in [0.25, 0.3) is 11.8 Å². The van der Waals surface area contributed by atoms with Crippen molar-refractivity contribution in [3.63, 3.8) is 0 Å². The molecular weight excluding hydrogens is 393 g/mol. The first-order valence-electron chi connectivity index (χ1n) is 7.57. The van der Waals surface area contributed by atoms with Crippen molar-refractivity contribution in [3.05, 3.63) is 69.0 Å². The van der Waals surface area contributed by atoms with E-state index >= 15 is 0 Å². The van der Waals surface area contributed by atoms with Crippen LogP contribution in [0.5, 0.6) is 0 Å². The molecule has 0 spiro atoms. The molecule has 26 heavy (non-hydrogen) atoms. The molecule has 8 heteroatoms. The average molecular weight is 406 g/mol. The lowest BCUT2D eigenvalue weighted by molar-refractivity contribution is -0.120. The van der Waals surface area contributed by atoms with Crippen molar-refractivity contribution in [2.45, 2.75) is 0 Å². The molecule has 0 saturated heterocycles. The van der Waals surface area contributed by atoms with Crippen LogP contribution in [0.4, 0.5) is 0 Å². The van der Waals surface area contributed by atoms with Gasteiger partial charge < -0.3 is 5.32 Å². The van der Waals surface area contributed by atoms with Gasteiger partial charge in [-0.15, -0.1) is 11.3 Å². The zero-order chi connectivity index (χ0) is 18.5. The fourth-order valence-corrected chi connectivity index (χ4v) is 3.73. The first-order chi connectivity index (χ1) is 12.5. The van der Waals surface area contributed by atoms with Crippen LogP contribution in [0.1, 0.15) is 15.2 Å². The molecule has 0 aliphatic carbocycles. The highest BCUT2D eigenvalue weighted by Gasteiger charge is 2.17. The van der Waals surface area contributed by atoms with Gasteiger partial charge in [0.15, 0.2) is 0 Å². The Labute approximate surface area is 163 Å². The van der Waals surface area contributed by atoms with Crippen LogP contribution in [0, 0.1) is 0 Å². The standard InChI is InChI=1S/C18H13Cl2N3O2S/c19-12-7-5-11(6-8-12)9-22-23-15(24)10-21-18(25)17-16(20)13-3-1-2-4-14(13)26-17/h1-9H,10H2,(H,21,25)(H,23,24). The van der Waals surface area contributed by atoms with Gasteiger partial charge in [0.2, 0.25) is 0 Å². The van der Waals surface area contributed by atoms with Gasteiger partial charge in [-0.25, -0.2) is 5.43 Å². The summed E-state index contributed by atoms with van der Waals surface area (Å²) in [4.78, 5) is 24.4. The Bertz CT molecular complexity index is 984. The Balaban J connectivity index is 1.54. The molecule has 3 rings (SSSR count). The number of carbonyl (C=O) groups is 2. The topological polar surface area (TPSA) is 70.6 Å². The number of benzene rings is 2. The van der Waals surface area contributed by atoms with Gasteiger partial charge in [0.05, 0.1) is 17.8 Å². The van der Waals surface area contributed by atoms with Crippen molar-refractivity contribution in [2.24, 2.45) is 5.10 Å². The normalized spacial score (nSPS) is 11.0. The SMILES string of the molecule is O=C(CNC(=O)c1sc2ccccc2c1Cl)NN=Cc1ccc(Cl)cc1. The summed E-state index contributed by atoms with van der Waals surface area (Å²) in [6.45, 7) is -0.207. The Morgan fingerprint density at radius 3 is 2.54 bits per heavy atom. The van der Waals surface area contributed by atoms with Gasteiger partial charge in [-0.3, -0.25) is 9.59 Å². The van der Waals surface area contributed by atoms with Crippen molar-refractivity contribution >= 4 is 62.7 Å². The van der Waals surface area contributed by atoms with Crippen LogP contribution in [0.3, 0.4) is 0 Å². The molecule has 0 radical (unpaired) electrons. The Kier molecular flexibility index (Phi) is 5.88. The van der Waals surface area contributed by atoms with Crippen LogP contribution in [-0.2, 0) is 4.79 Å². The molecule has 1 aromatic heterocycles. The Hall–Kier alpha value is -2.41. The third-order valence-corrected chi connectivity index (χ3v) is 5.35. The minimum atomic E-state index is -0.444. The number of carbonyl (C=O) groups excluding carboxylic acids is 2. The van der Waals surface area contributed by atoms with E-state index in [9.17, 15) is 9.59 Å². The van der Waals surface area contributed by atoms with Crippen LogP contribution in [0.25, 0.3) is 10.1 Å². The lowest BCUT2D eigenvalue weighted by Gasteiger charge is -2.03. The smallest absolute Gasteiger partial charge is 0.263 e. The van der Waals surface area contributed by atoms with Crippen LogP contribution < -0.4 is 10.7 Å². The summed E-state index contributed by atoms with van der Waals surface area (Å²) in [5, 5.41) is 8.20. The van der Waals surface area contributed by atoms with Crippen molar-refractivity contribution in [2.75, 3.05) is 6.54 Å². The fraction of sp³-hybridized carbons (Fsp3) is 0.0556. The highest BCUT2D eigenvalue weighted by Crippen LogP contribution is 2.34. The quantitative estimate of drug-likeness (QED) is 0.495. The first kappa shape index (κ1) is 18.4. The molecule has 0 atom stereocenters. The number of fused-ring (bicyclic) bond motifs is 1. The van der Waals surface area contributed by atoms with E-state index in [1.54, 1.807) is 24.3 Å². The molecule has 2 amide bonds. The number of amides is 2. The number of rotatable bonds is 5. The number of hydrazone groups is 1. The summed E-state index contributed by atoms with van der Waals surface area (Å²) >= 11 is 13.3. The monoisotopic (exact) mass is 405 g/mol. The van der Waals surface area contributed by atoms with Crippen LogP contribution in [0.2, 0.25) is 10.0 Å². The van der Waals surface area contributed by atoms with Gasteiger partial charge in [-0.2, -0.15) is 5.10 Å². The molecule has 0 aliphatic rings. The Morgan fingerprint density at radius 1 is 1.08 bits per heavy atom. The molecule has 0 aliphatic heterocycles. The minimum Gasteiger partial charge on any atom is -0.342 e. The van der Waals surface area contributed by atoms with E-state index in [2.05, 4.69) is 15.8 Å². The molecule has 1 heterocycles.